The molecule has 4 rings (SSSR count). The number of carbonyl (C=O) groups is 1. The Bertz CT molecular complexity index is 1300. The fourth-order valence-corrected chi connectivity index (χ4v) is 3.14. The molecule has 2 aromatic carbocycles. The summed E-state index contributed by atoms with van der Waals surface area (Å²) in [6.07, 6.45) is 6.32. The van der Waals surface area contributed by atoms with E-state index in [9.17, 15) is 9.59 Å². The van der Waals surface area contributed by atoms with E-state index in [0.29, 0.717) is 28.9 Å². The Hall–Kier alpha value is -4.26. The third-order valence-corrected chi connectivity index (χ3v) is 4.69. The van der Waals surface area contributed by atoms with Crippen LogP contribution in [-0.4, -0.2) is 27.6 Å². The molecule has 0 radical (unpaired) electrons. The quantitative estimate of drug-likeness (QED) is 0.490. The van der Waals surface area contributed by atoms with Crippen LogP contribution in [0.4, 0.5) is 5.69 Å². The average Bonchev–Trinajstić information content (AvgIpc) is 2.81. The van der Waals surface area contributed by atoms with Crippen molar-refractivity contribution in [2.24, 2.45) is 0 Å². The zero-order chi connectivity index (χ0) is 21.6. The Morgan fingerprint density at radius 1 is 1.10 bits per heavy atom. The van der Waals surface area contributed by atoms with Gasteiger partial charge in [0.2, 0.25) is 5.91 Å². The van der Waals surface area contributed by atoms with Gasteiger partial charge in [-0.15, -0.1) is 0 Å². The Morgan fingerprint density at radius 2 is 1.90 bits per heavy atom. The fourth-order valence-electron chi connectivity index (χ4n) is 3.14. The summed E-state index contributed by atoms with van der Waals surface area (Å²) in [5.74, 6) is 0.0634. The first-order valence-electron chi connectivity index (χ1n) is 9.65. The van der Waals surface area contributed by atoms with E-state index in [-0.39, 0.29) is 11.5 Å². The number of aromatic nitrogens is 3. The molecule has 0 atom stereocenters. The highest BCUT2D eigenvalue weighted by Crippen LogP contribution is 2.28. The number of ether oxygens (including phenoxy) is 1. The monoisotopic (exact) mass is 412 g/mol. The number of anilines is 1. The molecule has 0 bridgehead atoms. The molecule has 4 aromatic rings. The first kappa shape index (κ1) is 20.0. The lowest BCUT2D eigenvalue weighted by Gasteiger charge is -2.12. The van der Waals surface area contributed by atoms with Crippen LogP contribution in [0.3, 0.4) is 0 Å². The molecule has 0 aliphatic heterocycles. The zero-order valence-corrected chi connectivity index (χ0v) is 16.9. The Labute approximate surface area is 178 Å². The van der Waals surface area contributed by atoms with Crippen LogP contribution in [0.2, 0.25) is 0 Å². The predicted molar refractivity (Wildman–Crippen MR) is 120 cm³/mol. The summed E-state index contributed by atoms with van der Waals surface area (Å²) < 4.78 is 6.89. The number of rotatable bonds is 6. The van der Waals surface area contributed by atoms with Gasteiger partial charge in [-0.1, -0.05) is 36.4 Å². The minimum Gasteiger partial charge on any atom is -0.495 e. The summed E-state index contributed by atoms with van der Waals surface area (Å²) in [5, 5.41) is 3.18. The van der Waals surface area contributed by atoms with Crippen molar-refractivity contribution in [2.45, 2.75) is 6.54 Å². The standard InChI is InChI=1S/C24H20N4O3/c1-31-22-13-19-20(26-16-28(24(19)30)15-18-9-5-6-12-25-18)14-21(22)27-23(29)11-10-17-7-3-2-4-8-17/h2-14,16H,15H2,1H3,(H,27,29)/b11-10+. The number of carbonyl (C=O) groups excluding carboxylic acids is 1. The summed E-state index contributed by atoms with van der Waals surface area (Å²) in [6, 6.07) is 18.3. The average molecular weight is 412 g/mol. The van der Waals surface area contributed by atoms with Crippen LogP contribution in [0.1, 0.15) is 11.3 Å². The van der Waals surface area contributed by atoms with Gasteiger partial charge in [0.25, 0.3) is 5.56 Å². The summed E-state index contributed by atoms with van der Waals surface area (Å²) >= 11 is 0. The molecule has 0 saturated heterocycles. The van der Waals surface area contributed by atoms with Crippen molar-refractivity contribution in [1.29, 1.82) is 0 Å². The topological polar surface area (TPSA) is 86.1 Å². The third kappa shape index (κ3) is 4.67. The van der Waals surface area contributed by atoms with Crippen molar-refractivity contribution >= 4 is 28.6 Å². The third-order valence-electron chi connectivity index (χ3n) is 4.69. The minimum atomic E-state index is -0.315. The lowest BCUT2D eigenvalue weighted by atomic mass is 10.2. The number of nitrogens with zero attached hydrogens (tertiary/aromatic N) is 3. The van der Waals surface area contributed by atoms with Gasteiger partial charge in [0, 0.05) is 12.3 Å². The molecule has 1 amide bonds. The van der Waals surface area contributed by atoms with Crippen molar-refractivity contribution in [3.63, 3.8) is 0 Å². The summed E-state index contributed by atoms with van der Waals surface area (Å²) in [5.41, 5.74) is 2.36. The number of methoxy groups -OCH3 is 1. The van der Waals surface area contributed by atoms with Crippen molar-refractivity contribution in [3.8, 4) is 5.75 Å². The van der Waals surface area contributed by atoms with Crippen molar-refractivity contribution in [2.75, 3.05) is 12.4 Å². The molecule has 0 unspecified atom stereocenters. The van der Waals surface area contributed by atoms with Gasteiger partial charge in [0.05, 0.1) is 42.3 Å². The normalized spacial score (nSPS) is 11.0. The van der Waals surface area contributed by atoms with E-state index >= 15 is 0 Å². The number of nitrogens with one attached hydrogen (secondary N) is 1. The van der Waals surface area contributed by atoms with E-state index < -0.39 is 0 Å². The van der Waals surface area contributed by atoms with Gasteiger partial charge in [-0.2, -0.15) is 0 Å². The summed E-state index contributed by atoms with van der Waals surface area (Å²) in [6.45, 7) is 0.313. The van der Waals surface area contributed by atoms with Crippen LogP contribution in [0.25, 0.3) is 17.0 Å². The molecule has 2 heterocycles. The number of hydrogen-bond acceptors (Lipinski definition) is 5. The van der Waals surface area contributed by atoms with E-state index in [2.05, 4.69) is 15.3 Å². The molecule has 0 aliphatic rings. The van der Waals surface area contributed by atoms with E-state index in [1.165, 1.54) is 24.1 Å². The summed E-state index contributed by atoms with van der Waals surface area (Å²) in [7, 11) is 1.49. The minimum absolute atomic E-state index is 0.212. The highest BCUT2D eigenvalue weighted by Gasteiger charge is 2.12. The highest BCUT2D eigenvalue weighted by molar-refractivity contribution is 6.04. The fraction of sp³-hybridized carbons (Fsp3) is 0.0833. The first-order valence-corrected chi connectivity index (χ1v) is 9.65. The van der Waals surface area contributed by atoms with Gasteiger partial charge in [0.15, 0.2) is 0 Å². The maximum atomic E-state index is 12.9. The molecule has 0 aliphatic carbocycles. The van der Waals surface area contributed by atoms with E-state index in [4.69, 9.17) is 4.74 Å². The van der Waals surface area contributed by atoms with Crippen molar-refractivity contribution in [1.82, 2.24) is 14.5 Å². The van der Waals surface area contributed by atoms with Crippen LogP contribution < -0.4 is 15.6 Å². The number of benzene rings is 2. The molecular formula is C24H20N4O3. The maximum absolute atomic E-state index is 12.9. The lowest BCUT2D eigenvalue weighted by Crippen LogP contribution is -2.22. The lowest BCUT2D eigenvalue weighted by molar-refractivity contribution is -0.111. The Balaban J connectivity index is 1.61. The van der Waals surface area contributed by atoms with Gasteiger partial charge < -0.3 is 10.1 Å². The second-order valence-electron chi connectivity index (χ2n) is 6.80. The second-order valence-corrected chi connectivity index (χ2v) is 6.80. The largest absolute Gasteiger partial charge is 0.495 e. The van der Waals surface area contributed by atoms with Crippen LogP contribution in [0, 0.1) is 0 Å². The number of hydrogen-bond donors (Lipinski definition) is 1. The first-order chi connectivity index (χ1) is 15.1. The Morgan fingerprint density at radius 3 is 2.65 bits per heavy atom. The van der Waals surface area contributed by atoms with E-state index in [1.807, 2.05) is 48.5 Å². The van der Waals surface area contributed by atoms with E-state index in [0.717, 1.165) is 11.3 Å². The van der Waals surface area contributed by atoms with Gasteiger partial charge in [0.1, 0.15) is 5.75 Å². The van der Waals surface area contributed by atoms with E-state index in [1.54, 1.807) is 24.4 Å². The Kier molecular flexibility index (Phi) is 5.84. The number of amides is 1. The molecular weight excluding hydrogens is 392 g/mol. The molecule has 0 fully saturated rings. The highest BCUT2D eigenvalue weighted by atomic mass is 16.5. The van der Waals surface area contributed by atoms with Crippen LogP contribution in [0.5, 0.6) is 5.75 Å². The number of fused-ring (bicyclic) bond motifs is 1. The SMILES string of the molecule is COc1cc2c(=O)n(Cc3ccccn3)cnc2cc1NC(=O)/C=C/c1ccccc1. The smallest absolute Gasteiger partial charge is 0.261 e. The molecule has 0 spiro atoms. The molecule has 7 heteroatoms. The molecule has 31 heavy (non-hydrogen) atoms. The van der Waals surface area contributed by atoms with Gasteiger partial charge >= 0.3 is 0 Å². The zero-order valence-electron chi connectivity index (χ0n) is 16.9. The molecule has 0 saturated carbocycles. The molecule has 7 nitrogen and oxygen atoms in total. The summed E-state index contributed by atoms with van der Waals surface area (Å²) in [4.78, 5) is 33.9. The van der Waals surface area contributed by atoms with Crippen LogP contribution in [-0.2, 0) is 11.3 Å². The van der Waals surface area contributed by atoms with Gasteiger partial charge in [-0.05, 0) is 35.9 Å². The molecule has 154 valence electrons. The van der Waals surface area contributed by atoms with Gasteiger partial charge in [-0.25, -0.2) is 4.98 Å². The van der Waals surface area contributed by atoms with Gasteiger partial charge in [-0.3, -0.25) is 19.1 Å². The molecule has 1 N–H and O–H groups in total. The van der Waals surface area contributed by atoms with Crippen LogP contribution in [0.15, 0.2) is 84.1 Å². The predicted octanol–water partition coefficient (Wildman–Crippen LogP) is 3.50. The molecule has 2 aromatic heterocycles. The van der Waals surface area contributed by atoms with Crippen molar-refractivity contribution < 1.29 is 9.53 Å². The number of pyridine rings is 1. The second kappa shape index (κ2) is 9.04. The van der Waals surface area contributed by atoms with Crippen molar-refractivity contribution in [3.05, 3.63) is 101 Å². The maximum Gasteiger partial charge on any atom is 0.261 e. The van der Waals surface area contributed by atoms with Crippen LogP contribution >= 0.6 is 0 Å².